The fourth-order valence-electron chi connectivity index (χ4n) is 2.48. The number of carboxylic acids is 1. The van der Waals surface area contributed by atoms with Gasteiger partial charge in [0, 0.05) is 0 Å². The molecule has 3 atom stereocenters. The summed E-state index contributed by atoms with van der Waals surface area (Å²) in [6.45, 7) is 3.85. The van der Waals surface area contributed by atoms with E-state index in [2.05, 4.69) is 12.2 Å². The Hall–Kier alpha value is -0.790. The first-order valence-electron chi connectivity index (χ1n) is 5.52. The molecule has 1 N–H and O–H groups in total. The first-order valence-corrected chi connectivity index (χ1v) is 5.52. The maximum Gasteiger partial charge on any atom is 0.306 e. The lowest BCUT2D eigenvalue weighted by atomic mass is 9.73. The summed E-state index contributed by atoms with van der Waals surface area (Å²) in [5, 5.41) is 9.00. The van der Waals surface area contributed by atoms with Crippen LogP contribution in [0.4, 0.5) is 0 Å². The van der Waals surface area contributed by atoms with Crippen LogP contribution in [0, 0.1) is 17.8 Å². The lowest BCUT2D eigenvalue weighted by Gasteiger charge is -2.32. The molecule has 0 aromatic heterocycles. The number of carboxylic acid groups (broad SMARTS) is 1. The molecule has 80 valence electrons. The molecule has 1 saturated carbocycles. The predicted octanol–water partition coefficient (Wildman–Crippen LogP) is 3.09. The van der Waals surface area contributed by atoms with E-state index in [0.29, 0.717) is 11.8 Å². The standard InChI is InChI=1S/C12H20O2/c1-3-6-10-7-4-5-8-11(10)9(2)12(13)14/h3,6,9-11H,4-5,7-8H2,1-2H3,(H,13,14). The monoisotopic (exact) mass is 196 g/mol. The van der Waals surface area contributed by atoms with Crippen molar-refractivity contribution in [1.29, 1.82) is 0 Å². The average Bonchev–Trinajstić information content (AvgIpc) is 2.18. The molecule has 2 heteroatoms. The van der Waals surface area contributed by atoms with Crippen molar-refractivity contribution in [2.75, 3.05) is 0 Å². The fourth-order valence-corrected chi connectivity index (χ4v) is 2.48. The normalized spacial score (nSPS) is 30.4. The van der Waals surface area contributed by atoms with E-state index in [1.807, 2.05) is 13.8 Å². The quantitative estimate of drug-likeness (QED) is 0.704. The summed E-state index contributed by atoms with van der Waals surface area (Å²) < 4.78 is 0. The van der Waals surface area contributed by atoms with Gasteiger partial charge in [0.15, 0.2) is 0 Å². The van der Waals surface area contributed by atoms with Crippen LogP contribution in [0.1, 0.15) is 39.5 Å². The topological polar surface area (TPSA) is 37.3 Å². The summed E-state index contributed by atoms with van der Waals surface area (Å²) in [4.78, 5) is 10.9. The van der Waals surface area contributed by atoms with E-state index in [1.54, 1.807) is 0 Å². The van der Waals surface area contributed by atoms with Crippen molar-refractivity contribution in [3.05, 3.63) is 12.2 Å². The van der Waals surface area contributed by atoms with Gasteiger partial charge in [-0.2, -0.15) is 0 Å². The van der Waals surface area contributed by atoms with Crippen molar-refractivity contribution in [3.8, 4) is 0 Å². The molecule has 3 unspecified atom stereocenters. The molecule has 0 aromatic rings. The van der Waals surface area contributed by atoms with Gasteiger partial charge in [-0.05, 0) is 31.6 Å². The highest BCUT2D eigenvalue weighted by Crippen LogP contribution is 2.36. The molecule has 0 aromatic carbocycles. The lowest BCUT2D eigenvalue weighted by molar-refractivity contribution is -0.143. The molecule has 0 bridgehead atoms. The number of hydrogen-bond donors (Lipinski definition) is 1. The second-order valence-electron chi connectivity index (χ2n) is 4.26. The number of carbonyl (C=O) groups is 1. The van der Waals surface area contributed by atoms with Crippen LogP contribution in [0.3, 0.4) is 0 Å². The Morgan fingerprint density at radius 1 is 1.43 bits per heavy atom. The fraction of sp³-hybridized carbons (Fsp3) is 0.750. The van der Waals surface area contributed by atoms with Crippen molar-refractivity contribution >= 4 is 5.97 Å². The van der Waals surface area contributed by atoms with Crippen molar-refractivity contribution < 1.29 is 9.90 Å². The molecular formula is C12H20O2. The van der Waals surface area contributed by atoms with Gasteiger partial charge in [0.1, 0.15) is 0 Å². The van der Waals surface area contributed by atoms with E-state index in [4.69, 9.17) is 5.11 Å². The minimum Gasteiger partial charge on any atom is -0.481 e. The Morgan fingerprint density at radius 2 is 2.07 bits per heavy atom. The van der Waals surface area contributed by atoms with E-state index in [1.165, 1.54) is 12.8 Å². The van der Waals surface area contributed by atoms with Gasteiger partial charge in [0.05, 0.1) is 5.92 Å². The number of hydrogen-bond acceptors (Lipinski definition) is 1. The molecule has 1 aliphatic rings. The van der Waals surface area contributed by atoms with Crippen molar-refractivity contribution in [1.82, 2.24) is 0 Å². The highest BCUT2D eigenvalue weighted by atomic mass is 16.4. The minimum atomic E-state index is -0.647. The zero-order valence-electron chi connectivity index (χ0n) is 9.07. The van der Waals surface area contributed by atoms with Crippen LogP contribution in [0.2, 0.25) is 0 Å². The second kappa shape index (κ2) is 5.18. The van der Waals surface area contributed by atoms with E-state index in [9.17, 15) is 4.79 Å². The van der Waals surface area contributed by atoms with E-state index >= 15 is 0 Å². The molecule has 1 aliphatic carbocycles. The Morgan fingerprint density at radius 3 is 2.64 bits per heavy atom. The summed E-state index contributed by atoms with van der Waals surface area (Å²) in [6.07, 6.45) is 8.91. The predicted molar refractivity (Wildman–Crippen MR) is 57.1 cm³/mol. The maximum atomic E-state index is 10.9. The first-order chi connectivity index (χ1) is 6.66. The molecule has 1 fully saturated rings. The maximum absolute atomic E-state index is 10.9. The third-order valence-corrected chi connectivity index (χ3v) is 3.35. The van der Waals surface area contributed by atoms with Crippen LogP contribution >= 0.6 is 0 Å². The van der Waals surface area contributed by atoms with Gasteiger partial charge in [-0.1, -0.05) is 31.9 Å². The van der Waals surface area contributed by atoms with Crippen LogP contribution in [0.15, 0.2) is 12.2 Å². The highest BCUT2D eigenvalue weighted by Gasteiger charge is 2.31. The van der Waals surface area contributed by atoms with Crippen LogP contribution < -0.4 is 0 Å². The van der Waals surface area contributed by atoms with E-state index in [-0.39, 0.29) is 5.92 Å². The molecule has 0 saturated heterocycles. The molecule has 0 radical (unpaired) electrons. The summed E-state index contributed by atoms with van der Waals surface area (Å²) in [5.74, 6) is -0.0137. The van der Waals surface area contributed by atoms with Crippen LogP contribution in [-0.4, -0.2) is 11.1 Å². The third-order valence-electron chi connectivity index (χ3n) is 3.35. The van der Waals surface area contributed by atoms with Crippen LogP contribution in [0.25, 0.3) is 0 Å². The summed E-state index contributed by atoms with van der Waals surface area (Å²) in [5.41, 5.74) is 0. The average molecular weight is 196 g/mol. The SMILES string of the molecule is CC=CC1CCCCC1C(C)C(=O)O. The Labute approximate surface area is 86.0 Å². The molecule has 0 spiro atoms. The van der Waals surface area contributed by atoms with Gasteiger partial charge >= 0.3 is 5.97 Å². The van der Waals surface area contributed by atoms with Gasteiger partial charge in [-0.3, -0.25) is 4.79 Å². The van der Waals surface area contributed by atoms with Crippen LogP contribution in [0.5, 0.6) is 0 Å². The van der Waals surface area contributed by atoms with Crippen molar-refractivity contribution in [3.63, 3.8) is 0 Å². The molecule has 0 amide bonds. The third kappa shape index (κ3) is 2.60. The summed E-state index contributed by atoms with van der Waals surface area (Å²) >= 11 is 0. The van der Waals surface area contributed by atoms with E-state index < -0.39 is 5.97 Å². The molecule has 1 rings (SSSR count). The van der Waals surface area contributed by atoms with Crippen molar-refractivity contribution in [2.45, 2.75) is 39.5 Å². The molecule has 0 aliphatic heterocycles. The lowest BCUT2D eigenvalue weighted by Crippen LogP contribution is -2.29. The van der Waals surface area contributed by atoms with Gasteiger partial charge in [0.25, 0.3) is 0 Å². The van der Waals surface area contributed by atoms with Gasteiger partial charge < -0.3 is 5.11 Å². The first kappa shape index (κ1) is 11.3. The summed E-state index contributed by atoms with van der Waals surface area (Å²) in [6, 6.07) is 0. The number of aliphatic carboxylic acids is 1. The van der Waals surface area contributed by atoms with E-state index in [0.717, 1.165) is 12.8 Å². The van der Waals surface area contributed by atoms with Gasteiger partial charge in [0.2, 0.25) is 0 Å². The molecule has 0 heterocycles. The largest absolute Gasteiger partial charge is 0.481 e. The van der Waals surface area contributed by atoms with Gasteiger partial charge in [-0.15, -0.1) is 0 Å². The second-order valence-corrected chi connectivity index (χ2v) is 4.26. The number of rotatable bonds is 3. The summed E-state index contributed by atoms with van der Waals surface area (Å²) in [7, 11) is 0. The molecular weight excluding hydrogens is 176 g/mol. The molecule has 14 heavy (non-hydrogen) atoms. The van der Waals surface area contributed by atoms with Crippen molar-refractivity contribution in [2.24, 2.45) is 17.8 Å². The minimum absolute atomic E-state index is 0.198. The Balaban J connectivity index is 2.66. The molecule has 2 nitrogen and oxygen atoms in total. The van der Waals surface area contributed by atoms with Crippen LogP contribution in [-0.2, 0) is 4.79 Å². The zero-order valence-corrected chi connectivity index (χ0v) is 9.07. The Kier molecular flexibility index (Phi) is 4.18. The Bertz CT molecular complexity index is 220. The highest BCUT2D eigenvalue weighted by molar-refractivity contribution is 5.70. The zero-order chi connectivity index (χ0) is 10.6. The van der Waals surface area contributed by atoms with Gasteiger partial charge in [-0.25, -0.2) is 0 Å². The number of allylic oxidation sites excluding steroid dienone is 2. The smallest absolute Gasteiger partial charge is 0.306 e.